The number of hydrogen-bond donors (Lipinski definition) is 0. The lowest BCUT2D eigenvalue weighted by molar-refractivity contribution is -0.142. The van der Waals surface area contributed by atoms with Gasteiger partial charge in [-0.05, 0) is 54.0 Å². The SMILES string of the molecule is COC(C)(C)C(C)(C)OC(C)=C(C)C. The van der Waals surface area contributed by atoms with E-state index in [0.29, 0.717) is 0 Å². The Hall–Kier alpha value is -0.500. The monoisotopic (exact) mass is 200 g/mol. The highest BCUT2D eigenvalue weighted by Crippen LogP contribution is 2.30. The predicted octanol–water partition coefficient (Wildman–Crippen LogP) is 3.52. The molecule has 0 spiro atoms. The third kappa shape index (κ3) is 3.02. The first kappa shape index (κ1) is 13.5. The van der Waals surface area contributed by atoms with Gasteiger partial charge in [0.05, 0.1) is 5.76 Å². The maximum atomic E-state index is 5.91. The number of ether oxygens (including phenoxy) is 2. The third-order valence-electron chi connectivity index (χ3n) is 3.07. The number of allylic oxidation sites excluding steroid dienone is 2. The van der Waals surface area contributed by atoms with Crippen molar-refractivity contribution in [3.05, 3.63) is 11.3 Å². The third-order valence-corrected chi connectivity index (χ3v) is 3.07. The first-order valence-electron chi connectivity index (χ1n) is 5.02. The summed E-state index contributed by atoms with van der Waals surface area (Å²) in [5.74, 6) is 0.972. The lowest BCUT2D eigenvalue weighted by Gasteiger charge is -2.40. The molecule has 0 saturated heterocycles. The van der Waals surface area contributed by atoms with Crippen LogP contribution in [0.1, 0.15) is 48.5 Å². The summed E-state index contributed by atoms with van der Waals surface area (Å²) >= 11 is 0. The van der Waals surface area contributed by atoms with Gasteiger partial charge in [0.1, 0.15) is 11.2 Å². The van der Waals surface area contributed by atoms with Gasteiger partial charge in [-0.2, -0.15) is 0 Å². The molecule has 0 radical (unpaired) electrons. The molecule has 84 valence electrons. The minimum Gasteiger partial charge on any atom is -0.490 e. The van der Waals surface area contributed by atoms with Crippen LogP contribution in [-0.2, 0) is 9.47 Å². The Bertz CT molecular complexity index is 220. The highest BCUT2D eigenvalue weighted by Gasteiger charge is 2.39. The first-order valence-corrected chi connectivity index (χ1v) is 5.02. The Balaban J connectivity index is 4.74. The van der Waals surface area contributed by atoms with Crippen LogP contribution < -0.4 is 0 Å². The Morgan fingerprint density at radius 1 is 0.857 bits per heavy atom. The van der Waals surface area contributed by atoms with Gasteiger partial charge in [0.2, 0.25) is 0 Å². The molecule has 0 fully saturated rings. The molecule has 2 heteroatoms. The van der Waals surface area contributed by atoms with E-state index in [0.717, 1.165) is 5.76 Å². The summed E-state index contributed by atoms with van der Waals surface area (Å²) in [5.41, 5.74) is 0.567. The molecule has 0 aliphatic carbocycles. The fraction of sp³-hybridized carbons (Fsp3) is 0.833. The van der Waals surface area contributed by atoms with Crippen molar-refractivity contribution < 1.29 is 9.47 Å². The minimum atomic E-state index is -0.330. The van der Waals surface area contributed by atoms with E-state index < -0.39 is 0 Å². The van der Waals surface area contributed by atoms with Crippen molar-refractivity contribution in [3.63, 3.8) is 0 Å². The molecule has 0 rings (SSSR count). The Kier molecular flexibility index (Phi) is 4.19. The molecule has 2 nitrogen and oxygen atoms in total. The molecule has 0 aromatic carbocycles. The molecule has 0 saturated carbocycles. The second kappa shape index (κ2) is 4.35. The summed E-state index contributed by atoms with van der Waals surface area (Å²) in [4.78, 5) is 0. The van der Waals surface area contributed by atoms with Crippen molar-refractivity contribution >= 4 is 0 Å². The van der Waals surface area contributed by atoms with E-state index in [1.165, 1.54) is 5.57 Å². The van der Waals surface area contributed by atoms with E-state index >= 15 is 0 Å². The van der Waals surface area contributed by atoms with Gasteiger partial charge >= 0.3 is 0 Å². The van der Waals surface area contributed by atoms with Crippen molar-refractivity contribution in [1.29, 1.82) is 0 Å². The molecule has 0 aromatic heterocycles. The summed E-state index contributed by atoms with van der Waals surface area (Å²) in [6.45, 7) is 14.2. The van der Waals surface area contributed by atoms with E-state index in [1.807, 2.05) is 48.5 Å². The summed E-state index contributed by atoms with van der Waals surface area (Å²) in [7, 11) is 1.71. The first-order chi connectivity index (χ1) is 6.14. The predicted molar refractivity (Wildman–Crippen MR) is 60.3 cm³/mol. The molecule has 0 aromatic rings. The number of rotatable bonds is 4. The van der Waals surface area contributed by atoms with Gasteiger partial charge in [0.25, 0.3) is 0 Å². The van der Waals surface area contributed by atoms with Crippen LogP contribution in [0.25, 0.3) is 0 Å². The molecule has 0 bridgehead atoms. The highest BCUT2D eigenvalue weighted by molar-refractivity contribution is 5.03. The normalized spacial score (nSPS) is 12.6. The maximum absolute atomic E-state index is 5.91. The van der Waals surface area contributed by atoms with Gasteiger partial charge in [0.15, 0.2) is 0 Å². The van der Waals surface area contributed by atoms with Crippen molar-refractivity contribution in [1.82, 2.24) is 0 Å². The van der Waals surface area contributed by atoms with Crippen molar-refractivity contribution in [3.8, 4) is 0 Å². The fourth-order valence-corrected chi connectivity index (χ4v) is 0.853. The standard InChI is InChI=1S/C12H24O2/c1-9(2)10(3)14-12(6,7)11(4,5)13-8/h1-8H3. The molecule has 0 N–H and O–H groups in total. The lowest BCUT2D eigenvalue weighted by Crippen LogP contribution is -2.48. The molecule has 14 heavy (non-hydrogen) atoms. The molecular formula is C12H24O2. The lowest BCUT2D eigenvalue weighted by atomic mass is 9.89. The van der Waals surface area contributed by atoms with Gasteiger partial charge in [-0.15, -0.1) is 0 Å². The number of hydrogen-bond acceptors (Lipinski definition) is 2. The largest absolute Gasteiger partial charge is 0.490 e. The summed E-state index contributed by atoms with van der Waals surface area (Å²) < 4.78 is 11.3. The maximum Gasteiger partial charge on any atom is 0.131 e. The van der Waals surface area contributed by atoms with E-state index in [9.17, 15) is 0 Å². The Labute approximate surface area is 88.3 Å². The van der Waals surface area contributed by atoms with Crippen LogP contribution in [0.5, 0.6) is 0 Å². The van der Waals surface area contributed by atoms with Crippen LogP contribution in [-0.4, -0.2) is 18.3 Å². The van der Waals surface area contributed by atoms with Gasteiger partial charge < -0.3 is 9.47 Å². The summed E-state index contributed by atoms with van der Waals surface area (Å²) in [5, 5.41) is 0. The minimum absolute atomic E-state index is 0.302. The Morgan fingerprint density at radius 2 is 1.29 bits per heavy atom. The topological polar surface area (TPSA) is 18.5 Å². The van der Waals surface area contributed by atoms with Crippen LogP contribution in [0.15, 0.2) is 11.3 Å². The van der Waals surface area contributed by atoms with Crippen LogP contribution >= 0.6 is 0 Å². The van der Waals surface area contributed by atoms with Crippen molar-refractivity contribution in [2.24, 2.45) is 0 Å². The Morgan fingerprint density at radius 3 is 1.57 bits per heavy atom. The average molecular weight is 200 g/mol. The zero-order chi connectivity index (χ0) is 11.6. The van der Waals surface area contributed by atoms with Gasteiger partial charge in [-0.1, -0.05) is 0 Å². The zero-order valence-corrected chi connectivity index (χ0v) is 10.8. The van der Waals surface area contributed by atoms with Crippen LogP contribution in [0.2, 0.25) is 0 Å². The summed E-state index contributed by atoms with van der Waals surface area (Å²) in [6, 6.07) is 0. The molecule has 0 amide bonds. The molecule has 0 atom stereocenters. The van der Waals surface area contributed by atoms with E-state index in [2.05, 4.69) is 0 Å². The average Bonchev–Trinajstić information content (AvgIpc) is 2.03. The van der Waals surface area contributed by atoms with Gasteiger partial charge in [0, 0.05) is 7.11 Å². The van der Waals surface area contributed by atoms with Crippen LogP contribution in [0, 0.1) is 0 Å². The van der Waals surface area contributed by atoms with E-state index in [1.54, 1.807) is 7.11 Å². The summed E-state index contributed by atoms with van der Waals surface area (Å²) in [6.07, 6.45) is 0. The van der Waals surface area contributed by atoms with E-state index in [-0.39, 0.29) is 11.2 Å². The van der Waals surface area contributed by atoms with Crippen LogP contribution in [0.3, 0.4) is 0 Å². The van der Waals surface area contributed by atoms with Crippen molar-refractivity contribution in [2.75, 3.05) is 7.11 Å². The number of methoxy groups -OCH3 is 1. The van der Waals surface area contributed by atoms with Gasteiger partial charge in [-0.3, -0.25) is 0 Å². The zero-order valence-electron chi connectivity index (χ0n) is 10.8. The molecule has 0 heterocycles. The molecular weight excluding hydrogens is 176 g/mol. The van der Waals surface area contributed by atoms with Crippen LogP contribution in [0.4, 0.5) is 0 Å². The molecule has 0 aliphatic heterocycles. The molecule has 0 aliphatic rings. The second-order valence-electron chi connectivity index (χ2n) is 4.88. The quantitative estimate of drug-likeness (QED) is 0.646. The molecule has 0 unspecified atom stereocenters. The second-order valence-corrected chi connectivity index (χ2v) is 4.88. The van der Waals surface area contributed by atoms with Crippen molar-refractivity contribution in [2.45, 2.75) is 59.7 Å². The smallest absolute Gasteiger partial charge is 0.131 e. The van der Waals surface area contributed by atoms with Gasteiger partial charge in [-0.25, -0.2) is 0 Å². The highest BCUT2D eigenvalue weighted by atomic mass is 16.6. The fourth-order valence-electron chi connectivity index (χ4n) is 0.853. The van der Waals surface area contributed by atoms with E-state index in [4.69, 9.17) is 9.47 Å².